The van der Waals surface area contributed by atoms with Gasteiger partial charge in [-0.15, -0.1) is 0 Å². The van der Waals surface area contributed by atoms with Gasteiger partial charge < -0.3 is 4.42 Å². The fraction of sp³-hybridized carbons (Fsp3) is 0.314. The molecule has 0 saturated heterocycles. The summed E-state index contributed by atoms with van der Waals surface area (Å²) in [6.07, 6.45) is 6.45. The zero-order chi connectivity index (χ0) is 24.4. The van der Waals surface area contributed by atoms with Crippen molar-refractivity contribution in [3.63, 3.8) is 0 Å². The third-order valence-corrected chi connectivity index (χ3v) is 9.71. The summed E-state index contributed by atoms with van der Waals surface area (Å²) in [4.78, 5) is 0. The number of fused-ring (bicyclic) bond motifs is 14. The Kier molecular flexibility index (Phi) is 3.88. The van der Waals surface area contributed by atoms with E-state index in [9.17, 15) is 0 Å². The van der Waals surface area contributed by atoms with E-state index in [1.807, 2.05) is 0 Å². The summed E-state index contributed by atoms with van der Waals surface area (Å²) in [5.41, 5.74) is 16.6. The first-order valence-corrected chi connectivity index (χ1v) is 13.7. The van der Waals surface area contributed by atoms with Gasteiger partial charge in [0.05, 0.1) is 0 Å². The highest BCUT2D eigenvalue weighted by Gasteiger charge is 2.52. The van der Waals surface area contributed by atoms with Crippen molar-refractivity contribution in [2.45, 2.75) is 70.6 Å². The molecule has 0 radical (unpaired) electrons. The first kappa shape index (κ1) is 20.8. The Morgan fingerprint density at radius 3 is 2.11 bits per heavy atom. The normalized spacial score (nSPS) is 18.4. The lowest BCUT2D eigenvalue weighted by Crippen LogP contribution is -2.31. The molecule has 0 unspecified atom stereocenters. The van der Waals surface area contributed by atoms with Crippen molar-refractivity contribution in [2.24, 2.45) is 0 Å². The second-order valence-electron chi connectivity index (χ2n) is 12.2. The average Bonchev–Trinajstić information content (AvgIpc) is 3.45. The van der Waals surface area contributed by atoms with Gasteiger partial charge in [-0.3, -0.25) is 0 Å². The number of aryl methyl sites for hydroxylation is 2. The molecule has 5 aromatic rings. The van der Waals surface area contributed by atoms with Crippen molar-refractivity contribution in [1.82, 2.24) is 0 Å². The zero-order valence-electron chi connectivity index (χ0n) is 21.7. The van der Waals surface area contributed by atoms with Crippen LogP contribution in [-0.2, 0) is 10.8 Å². The predicted octanol–water partition coefficient (Wildman–Crippen LogP) is 9.74. The van der Waals surface area contributed by atoms with E-state index in [0.29, 0.717) is 0 Å². The monoisotopic (exact) mass is 468 g/mol. The second kappa shape index (κ2) is 6.71. The topological polar surface area (TPSA) is 13.1 Å². The van der Waals surface area contributed by atoms with Gasteiger partial charge in [0.1, 0.15) is 11.2 Å². The third kappa shape index (κ3) is 2.33. The molecule has 0 bridgehead atoms. The summed E-state index contributed by atoms with van der Waals surface area (Å²) in [5, 5.41) is 2.58. The molecule has 1 heterocycles. The molecule has 1 aromatic heterocycles. The summed E-state index contributed by atoms with van der Waals surface area (Å²) >= 11 is 0. The van der Waals surface area contributed by atoms with Crippen molar-refractivity contribution in [3.8, 4) is 22.3 Å². The van der Waals surface area contributed by atoms with Crippen LogP contribution in [0.15, 0.2) is 65.1 Å². The Hall–Kier alpha value is -3.32. The van der Waals surface area contributed by atoms with Crippen molar-refractivity contribution in [3.05, 3.63) is 94.0 Å². The Morgan fingerprint density at radius 1 is 0.694 bits per heavy atom. The van der Waals surface area contributed by atoms with Crippen molar-refractivity contribution < 1.29 is 4.42 Å². The van der Waals surface area contributed by atoms with E-state index >= 15 is 0 Å². The summed E-state index contributed by atoms with van der Waals surface area (Å²) in [5.74, 6) is 0. The van der Waals surface area contributed by atoms with Gasteiger partial charge in [-0.2, -0.15) is 0 Å². The first-order chi connectivity index (χ1) is 17.4. The van der Waals surface area contributed by atoms with Gasteiger partial charge in [0, 0.05) is 27.2 Å². The molecule has 1 nitrogen and oxygen atoms in total. The van der Waals surface area contributed by atoms with Crippen LogP contribution in [0.1, 0.15) is 79.3 Å². The summed E-state index contributed by atoms with van der Waals surface area (Å²) in [6.45, 7) is 9.39. The van der Waals surface area contributed by atoms with Crippen molar-refractivity contribution in [1.29, 1.82) is 0 Å². The highest BCUT2D eigenvalue weighted by molar-refractivity contribution is 6.20. The van der Waals surface area contributed by atoms with E-state index in [-0.39, 0.29) is 10.8 Å². The van der Waals surface area contributed by atoms with E-state index in [4.69, 9.17) is 4.42 Å². The van der Waals surface area contributed by atoms with Crippen molar-refractivity contribution >= 4 is 21.9 Å². The molecule has 0 N–H and O–H groups in total. The minimum Gasteiger partial charge on any atom is -0.455 e. The lowest BCUT2D eigenvalue weighted by Gasteiger charge is -2.39. The van der Waals surface area contributed by atoms with Gasteiger partial charge in [-0.1, -0.05) is 98.8 Å². The fourth-order valence-electron chi connectivity index (χ4n) is 8.20. The highest BCUT2D eigenvalue weighted by Crippen LogP contribution is 2.65. The SMILES string of the molecule is Cc1ccc2c(c1)C(C)(C)c1c3c(c4c(oc5ccccc54)c1-2)-c1ccc(C)cc1C31CCCCC1. The molecule has 1 spiro atoms. The van der Waals surface area contributed by atoms with Crippen molar-refractivity contribution in [2.75, 3.05) is 0 Å². The van der Waals surface area contributed by atoms with E-state index < -0.39 is 0 Å². The minimum absolute atomic E-state index is 0.0739. The van der Waals surface area contributed by atoms with Crippen LogP contribution in [0.4, 0.5) is 0 Å². The molecule has 178 valence electrons. The number of benzene rings is 4. The Balaban J connectivity index is 1.66. The van der Waals surface area contributed by atoms with Crippen LogP contribution in [0.2, 0.25) is 0 Å². The molecule has 4 aromatic carbocycles. The van der Waals surface area contributed by atoms with E-state index in [1.54, 1.807) is 11.1 Å². The van der Waals surface area contributed by atoms with E-state index in [2.05, 4.69) is 88.4 Å². The predicted molar refractivity (Wildman–Crippen MR) is 150 cm³/mol. The molecule has 0 amide bonds. The van der Waals surface area contributed by atoms with Crippen LogP contribution >= 0.6 is 0 Å². The molecule has 1 saturated carbocycles. The number of rotatable bonds is 0. The van der Waals surface area contributed by atoms with Crippen LogP contribution in [0.25, 0.3) is 44.2 Å². The molecule has 1 heteroatoms. The molecule has 8 rings (SSSR count). The molecule has 3 aliphatic rings. The number of furan rings is 1. The van der Waals surface area contributed by atoms with E-state index in [1.165, 1.54) is 87.4 Å². The third-order valence-electron chi connectivity index (χ3n) is 9.71. The first-order valence-electron chi connectivity index (χ1n) is 13.7. The molecule has 0 aliphatic heterocycles. The maximum atomic E-state index is 6.82. The lowest BCUT2D eigenvalue weighted by molar-refractivity contribution is 0.348. The minimum atomic E-state index is -0.0739. The summed E-state index contributed by atoms with van der Waals surface area (Å²) in [6, 6.07) is 23.0. The summed E-state index contributed by atoms with van der Waals surface area (Å²) in [7, 11) is 0. The Labute approximate surface area is 213 Å². The van der Waals surface area contributed by atoms with E-state index in [0.717, 1.165) is 11.2 Å². The molecular formula is C35H32O. The second-order valence-corrected chi connectivity index (χ2v) is 12.2. The van der Waals surface area contributed by atoms with Gasteiger partial charge in [-0.25, -0.2) is 0 Å². The van der Waals surface area contributed by atoms with Gasteiger partial charge >= 0.3 is 0 Å². The highest BCUT2D eigenvalue weighted by atomic mass is 16.3. The number of hydrogen-bond acceptors (Lipinski definition) is 1. The van der Waals surface area contributed by atoms with Crippen LogP contribution in [0, 0.1) is 13.8 Å². The van der Waals surface area contributed by atoms with Gasteiger partial charge in [0.2, 0.25) is 0 Å². The lowest BCUT2D eigenvalue weighted by atomic mass is 9.64. The molecule has 1 fully saturated rings. The average molecular weight is 469 g/mol. The smallest absolute Gasteiger partial charge is 0.144 e. The fourth-order valence-corrected chi connectivity index (χ4v) is 8.20. The molecular weight excluding hydrogens is 436 g/mol. The molecule has 3 aliphatic carbocycles. The van der Waals surface area contributed by atoms with Gasteiger partial charge in [0.15, 0.2) is 0 Å². The zero-order valence-corrected chi connectivity index (χ0v) is 21.7. The largest absolute Gasteiger partial charge is 0.455 e. The standard InChI is InChI=1S/C35H32O/c1-20-12-14-22-25(18-20)34(3,4)31-30(22)33-29(24-10-6-7-11-27(24)36-33)28-23-15-13-21(2)19-26(23)35(32(28)31)16-8-5-9-17-35/h6-7,10-15,18-19H,5,8-9,16-17H2,1-4H3. The maximum Gasteiger partial charge on any atom is 0.144 e. The van der Waals surface area contributed by atoms with Crippen LogP contribution < -0.4 is 0 Å². The van der Waals surface area contributed by atoms with Crippen LogP contribution in [-0.4, -0.2) is 0 Å². The van der Waals surface area contributed by atoms with Crippen LogP contribution in [0.5, 0.6) is 0 Å². The quantitative estimate of drug-likeness (QED) is 0.220. The maximum absolute atomic E-state index is 6.82. The number of hydrogen-bond donors (Lipinski definition) is 0. The number of para-hydroxylation sites is 1. The Morgan fingerprint density at radius 2 is 1.36 bits per heavy atom. The molecule has 36 heavy (non-hydrogen) atoms. The van der Waals surface area contributed by atoms with Gasteiger partial charge in [0.25, 0.3) is 0 Å². The van der Waals surface area contributed by atoms with Gasteiger partial charge in [-0.05, 0) is 71.7 Å². The molecule has 0 atom stereocenters. The van der Waals surface area contributed by atoms with Crippen LogP contribution in [0.3, 0.4) is 0 Å². The summed E-state index contributed by atoms with van der Waals surface area (Å²) < 4.78 is 6.82. The Bertz CT molecular complexity index is 1750.